The van der Waals surface area contributed by atoms with E-state index in [0.717, 1.165) is 0 Å². The van der Waals surface area contributed by atoms with E-state index in [1.54, 1.807) is 11.5 Å². The molecule has 2 heteroatoms. The maximum atomic E-state index is 3.40. The molecule has 0 aliphatic carbocycles. The van der Waals surface area contributed by atoms with Gasteiger partial charge < -0.3 is 5.32 Å². The lowest BCUT2D eigenvalue weighted by atomic mass is 10.6. The molecule has 2 saturated heterocycles. The lowest BCUT2D eigenvalue weighted by Gasteiger charge is -2.25. The summed E-state index contributed by atoms with van der Waals surface area (Å²) < 4.78 is 0. The highest BCUT2D eigenvalue weighted by Gasteiger charge is 2.36. The molecule has 1 N–H and O–H groups in total. The second-order valence-electron chi connectivity index (χ2n) is 2.79. The first-order valence-electron chi connectivity index (χ1n) is 3.36. The zero-order valence-electron chi connectivity index (χ0n) is 5.15. The molecule has 0 saturated carbocycles. The largest absolute Gasteiger partial charge is 0.315 e. The van der Waals surface area contributed by atoms with Crippen molar-refractivity contribution in [1.29, 1.82) is 0 Å². The van der Waals surface area contributed by atoms with E-state index in [2.05, 4.69) is 5.32 Å². The molecular weight excluding hydrogens is 118 g/mol. The van der Waals surface area contributed by atoms with E-state index in [0.29, 0.717) is 0 Å². The van der Waals surface area contributed by atoms with Crippen LogP contribution in [0.2, 0.25) is 0 Å². The van der Waals surface area contributed by atoms with E-state index in [1.165, 1.54) is 24.6 Å². The molecule has 0 aromatic rings. The molecule has 1 spiro atoms. The normalized spacial score (nSPS) is 37.0. The van der Waals surface area contributed by atoms with Gasteiger partial charge >= 0.3 is 0 Å². The number of rotatable bonds is 0. The first-order valence-corrected chi connectivity index (χ1v) is 5.67. The minimum absolute atomic E-state index is 0.105. The molecule has 0 amide bonds. The van der Waals surface area contributed by atoms with E-state index >= 15 is 0 Å². The SMILES string of the molecule is C1CS2(CCN1)CC2. The van der Waals surface area contributed by atoms with Crippen LogP contribution in [0.25, 0.3) is 0 Å². The van der Waals surface area contributed by atoms with Crippen molar-refractivity contribution in [2.24, 2.45) is 0 Å². The Balaban J connectivity index is 1.95. The van der Waals surface area contributed by atoms with Crippen molar-refractivity contribution >= 4 is 10.0 Å². The first-order chi connectivity index (χ1) is 3.91. The molecule has 48 valence electrons. The molecule has 2 rings (SSSR count). The third-order valence-electron chi connectivity index (χ3n) is 2.21. The van der Waals surface area contributed by atoms with Crippen molar-refractivity contribution in [3.63, 3.8) is 0 Å². The second kappa shape index (κ2) is 1.64. The zero-order chi connectivity index (χ0) is 5.45. The van der Waals surface area contributed by atoms with Crippen molar-refractivity contribution in [2.45, 2.75) is 0 Å². The maximum Gasteiger partial charge on any atom is 0.00279 e. The third kappa shape index (κ3) is 0.759. The molecule has 0 radical (unpaired) electrons. The Morgan fingerprint density at radius 2 is 1.50 bits per heavy atom. The van der Waals surface area contributed by atoms with E-state index < -0.39 is 0 Å². The van der Waals surface area contributed by atoms with Gasteiger partial charge in [-0.25, -0.2) is 10.0 Å². The van der Waals surface area contributed by atoms with Crippen LogP contribution >= 0.6 is 10.0 Å². The van der Waals surface area contributed by atoms with Crippen LogP contribution in [0.5, 0.6) is 0 Å². The molecule has 2 fully saturated rings. The summed E-state index contributed by atoms with van der Waals surface area (Å²) >= 11 is 0. The predicted molar refractivity (Wildman–Crippen MR) is 39.9 cm³/mol. The minimum Gasteiger partial charge on any atom is -0.315 e. The molecule has 1 nitrogen and oxygen atoms in total. The number of hydrogen-bond donors (Lipinski definition) is 1. The summed E-state index contributed by atoms with van der Waals surface area (Å²) in [6, 6.07) is 0. The Kier molecular flexibility index (Phi) is 1.05. The molecule has 2 aliphatic heterocycles. The summed E-state index contributed by atoms with van der Waals surface area (Å²) in [5.74, 6) is 6.28. The van der Waals surface area contributed by atoms with Gasteiger partial charge in [-0.2, -0.15) is 0 Å². The monoisotopic (exact) mass is 131 g/mol. The molecule has 0 unspecified atom stereocenters. The predicted octanol–water partition coefficient (Wildman–Crippen LogP) is 0.408. The van der Waals surface area contributed by atoms with Gasteiger partial charge in [0.1, 0.15) is 0 Å². The average molecular weight is 131 g/mol. The number of hydrogen-bond acceptors (Lipinski definition) is 1. The topological polar surface area (TPSA) is 12.0 Å². The van der Waals surface area contributed by atoms with Gasteiger partial charge in [-0.05, 0) is 23.0 Å². The van der Waals surface area contributed by atoms with Crippen LogP contribution in [0.3, 0.4) is 0 Å². The summed E-state index contributed by atoms with van der Waals surface area (Å²) in [6.45, 7) is 2.63. The van der Waals surface area contributed by atoms with E-state index in [9.17, 15) is 0 Å². The molecule has 2 heterocycles. The van der Waals surface area contributed by atoms with E-state index in [4.69, 9.17) is 0 Å². The molecule has 0 atom stereocenters. The van der Waals surface area contributed by atoms with Gasteiger partial charge in [-0.15, -0.1) is 0 Å². The van der Waals surface area contributed by atoms with E-state index in [-0.39, 0.29) is 10.0 Å². The Bertz CT molecular complexity index is 90.7. The standard InChI is InChI=1S/C6H13NS/c1-3-8(5-6-8)4-2-7-1/h7H,1-6H2. The highest BCUT2D eigenvalue weighted by atomic mass is 32.3. The fourth-order valence-corrected chi connectivity index (χ4v) is 4.45. The van der Waals surface area contributed by atoms with Gasteiger partial charge in [0, 0.05) is 13.1 Å². The molecule has 0 aromatic heterocycles. The summed E-state index contributed by atoms with van der Waals surface area (Å²) in [5, 5.41) is 3.40. The Labute approximate surface area is 52.2 Å². The maximum absolute atomic E-state index is 3.40. The molecule has 0 bridgehead atoms. The first kappa shape index (κ1) is 5.12. The summed E-state index contributed by atoms with van der Waals surface area (Å²) in [6.07, 6.45) is 0. The quantitative estimate of drug-likeness (QED) is 0.469. The lowest BCUT2D eigenvalue weighted by Crippen LogP contribution is -2.29. The summed E-state index contributed by atoms with van der Waals surface area (Å²) in [7, 11) is 0.105. The van der Waals surface area contributed by atoms with Crippen molar-refractivity contribution in [2.75, 3.05) is 36.1 Å². The van der Waals surface area contributed by atoms with Crippen molar-refractivity contribution < 1.29 is 0 Å². The second-order valence-corrected chi connectivity index (χ2v) is 6.87. The van der Waals surface area contributed by atoms with Crippen LogP contribution < -0.4 is 5.32 Å². The minimum atomic E-state index is 0.105. The van der Waals surface area contributed by atoms with Gasteiger partial charge in [-0.1, -0.05) is 0 Å². The van der Waals surface area contributed by atoms with Crippen LogP contribution in [0.4, 0.5) is 0 Å². The highest BCUT2D eigenvalue weighted by molar-refractivity contribution is 8.39. The third-order valence-corrected chi connectivity index (χ3v) is 5.91. The van der Waals surface area contributed by atoms with E-state index in [1.807, 2.05) is 0 Å². The van der Waals surface area contributed by atoms with Crippen molar-refractivity contribution in [3.8, 4) is 0 Å². The van der Waals surface area contributed by atoms with Crippen LogP contribution in [-0.2, 0) is 0 Å². The van der Waals surface area contributed by atoms with Crippen LogP contribution in [-0.4, -0.2) is 36.1 Å². The van der Waals surface area contributed by atoms with Crippen molar-refractivity contribution in [3.05, 3.63) is 0 Å². The lowest BCUT2D eigenvalue weighted by molar-refractivity contribution is 0.752. The van der Waals surface area contributed by atoms with Gasteiger partial charge in [0.05, 0.1) is 0 Å². The molecule has 2 aliphatic rings. The van der Waals surface area contributed by atoms with Crippen molar-refractivity contribution in [1.82, 2.24) is 5.32 Å². The van der Waals surface area contributed by atoms with Gasteiger partial charge in [0.2, 0.25) is 0 Å². The van der Waals surface area contributed by atoms with Gasteiger partial charge in [0.25, 0.3) is 0 Å². The highest BCUT2D eigenvalue weighted by Crippen LogP contribution is 2.61. The molecule has 0 aromatic carbocycles. The fourth-order valence-electron chi connectivity index (χ4n) is 1.33. The Morgan fingerprint density at radius 3 is 1.88 bits per heavy atom. The average Bonchev–Trinajstić information content (AvgIpc) is 2.52. The zero-order valence-corrected chi connectivity index (χ0v) is 5.97. The molecule has 8 heavy (non-hydrogen) atoms. The Morgan fingerprint density at radius 1 is 0.875 bits per heavy atom. The van der Waals surface area contributed by atoms with Crippen LogP contribution in [0, 0.1) is 0 Å². The molecular formula is C6H13NS. The fraction of sp³-hybridized carbons (Fsp3) is 1.00. The number of nitrogens with one attached hydrogen (secondary N) is 1. The Hall–Kier alpha value is 0.310. The summed E-state index contributed by atoms with van der Waals surface area (Å²) in [4.78, 5) is 0. The summed E-state index contributed by atoms with van der Waals surface area (Å²) in [5.41, 5.74) is 0. The van der Waals surface area contributed by atoms with Crippen LogP contribution in [0.1, 0.15) is 0 Å². The van der Waals surface area contributed by atoms with Crippen LogP contribution in [0.15, 0.2) is 0 Å². The smallest absolute Gasteiger partial charge is 0.00279 e. The van der Waals surface area contributed by atoms with Gasteiger partial charge in [-0.3, -0.25) is 0 Å². The van der Waals surface area contributed by atoms with Gasteiger partial charge in [0.15, 0.2) is 0 Å².